The summed E-state index contributed by atoms with van der Waals surface area (Å²) in [4.78, 5) is 33.3. The molecule has 4 rings (SSSR count). The maximum atomic E-state index is 12.9. The molecule has 0 unspecified atom stereocenters. The third-order valence-electron chi connectivity index (χ3n) is 4.38. The lowest BCUT2D eigenvalue weighted by atomic mass is 10.0. The minimum Gasteiger partial charge on any atom is -0.369 e. The van der Waals surface area contributed by atoms with Crippen molar-refractivity contribution in [3.05, 3.63) is 56.7 Å². The van der Waals surface area contributed by atoms with Crippen LogP contribution < -0.4 is 11.3 Å². The molecule has 3 aromatic rings. The number of carbonyl (C=O) groups excluding carboxylic acids is 1. The van der Waals surface area contributed by atoms with Crippen LogP contribution in [0.3, 0.4) is 0 Å². The minimum absolute atomic E-state index is 0.0308. The van der Waals surface area contributed by atoms with E-state index in [1.54, 1.807) is 5.38 Å². The number of rotatable bonds is 1. The molecule has 0 fully saturated rings. The fraction of sp³-hybridized carbons (Fsp3) is 0.235. The number of anilines is 1. The van der Waals surface area contributed by atoms with Crippen LogP contribution in [0.15, 0.2) is 34.4 Å². The molecule has 0 atom stereocenters. The van der Waals surface area contributed by atoms with Crippen molar-refractivity contribution < 1.29 is 4.79 Å². The number of amides is 1. The van der Waals surface area contributed by atoms with Crippen LogP contribution in [0.25, 0.3) is 10.2 Å². The van der Waals surface area contributed by atoms with Crippen LogP contribution in [0.5, 0.6) is 0 Å². The van der Waals surface area contributed by atoms with Crippen molar-refractivity contribution in [3.8, 4) is 0 Å². The number of benzene rings is 1. The number of nitrogens with two attached hydrogens (primary N) is 1. The molecular weight excluding hydrogens is 324 g/mol. The average Bonchev–Trinajstić information content (AvgIpc) is 2.87. The van der Waals surface area contributed by atoms with Gasteiger partial charge in [0.1, 0.15) is 10.2 Å². The lowest BCUT2D eigenvalue weighted by molar-refractivity contribution is 0.0765. The zero-order valence-electron chi connectivity index (χ0n) is 12.9. The van der Waals surface area contributed by atoms with Crippen LogP contribution in [0.2, 0.25) is 0 Å². The first-order valence-corrected chi connectivity index (χ1v) is 8.64. The maximum absolute atomic E-state index is 12.9. The van der Waals surface area contributed by atoms with Crippen molar-refractivity contribution in [2.75, 3.05) is 18.8 Å². The zero-order chi connectivity index (χ0) is 16.7. The summed E-state index contributed by atoms with van der Waals surface area (Å²) in [6, 6.07) is 8.29. The Balaban J connectivity index is 1.67. The van der Waals surface area contributed by atoms with E-state index < -0.39 is 0 Å². The average molecular weight is 340 g/mol. The van der Waals surface area contributed by atoms with E-state index in [0.717, 1.165) is 12.8 Å². The molecule has 122 valence electrons. The van der Waals surface area contributed by atoms with Crippen molar-refractivity contribution in [1.29, 1.82) is 0 Å². The summed E-state index contributed by atoms with van der Waals surface area (Å²) in [7, 11) is 0. The molecule has 0 radical (unpaired) electrons. The van der Waals surface area contributed by atoms with Gasteiger partial charge in [0.25, 0.3) is 11.5 Å². The first-order valence-electron chi connectivity index (χ1n) is 7.76. The number of aromatic amines is 1. The highest BCUT2D eigenvalue weighted by Gasteiger charge is 2.23. The lowest BCUT2D eigenvalue weighted by Crippen LogP contribution is -2.33. The summed E-state index contributed by atoms with van der Waals surface area (Å²) >= 11 is 1.22. The molecule has 1 aliphatic heterocycles. The van der Waals surface area contributed by atoms with Gasteiger partial charge in [-0.05, 0) is 24.0 Å². The van der Waals surface area contributed by atoms with Crippen molar-refractivity contribution in [3.63, 3.8) is 0 Å². The monoisotopic (exact) mass is 340 g/mol. The van der Waals surface area contributed by atoms with E-state index in [1.807, 2.05) is 17.0 Å². The Morgan fingerprint density at radius 1 is 1.21 bits per heavy atom. The SMILES string of the molecule is Nc1nc2c(C(=O)N3CCc4ccccc4CC3)csc2c(=O)[nH]1. The number of carbonyl (C=O) groups is 1. The van der Waals surface area contributed by atoms with E-state index in [-0.39, 0.29) is 17.4 Å². The summed E-state index contributed by atoms with van der Waals surface area (Å²) < 4.78 is 0.436. The number of thiophene rings is 1. The second-order valence-corrected chi connectivity index (χ2v) is 6.72. The van der Waals surface area contributed by atoms with Gasteiger partial charge >= 0.3 is 0 Å². The van der Waals surface area contributed by atoms with Crippen molar-refractivity contribution in [1.82, 2.24) is 14.9 Å². The van der Waals surface area contributed by atoms with Crippen molar-refractivity contribution in [2.45, 2.75) is 12.8 Å². The van der Waals surface area contributed by atoms with Crippen molar-refractivity contribution >= 4 is 33.4 Å². The molecule has 24 heavy (non-hydrogen) atoms. The molecular formula is C17H16N4O2S. The first kappa shape index (κ1) is 14.9. The quantitative estimate of drug-likeness (QED) is 0.707. The van der Waals surface area contributed by atoms with E-state index in [9.17, 15) is 9.59 Å². The molecule has 0 saturated carbocycles. The number of hydrogen-bond acceptors (Lipinski definition) is 5. The second-order valence-electron chi connectivity index (χ2n) is 5.84. The van der Waals surface area contributed by atoms with E-state index in [0.29, 0.717) is 28.9 Å². The van der Waals surface area contributed by atoms with Crippen LogP contribution in [-0.2, 0) is 12.8 Å². The van der Waals surface area contributed by atoms with Gasteiger partial charge in [-0.1, -0.05) is 24.3 Å². The van der Waals surface area contributed by atoms with Gasteiger partial charge in [0.15, 0.2) is 0 Å². The number of nitrogens with zero attached hydrogens (tertiary/aromatic N) is 2. The Morgan fingerprint density at radius 3 is 2.54 bits per heavy atom. The molecule has 0 aliphatic carbocycles. The molecule has 2 aromatic heterocycles. The topological polar surface area (TPSA) is 92.1 Å². The second kappa shape index (κ2) is 5.76. The van der Waals surface area contributed by atoms with Crippen LogP contribution >= 0.6 is 11.3 Å². The predicted octanol–water partition coefficient (Wildman–Crippen LogP) is 1.81. The molecule has 1 aromatic carbocycles. The molecule has 1 amide bonds. The molecule has 0 spiro atoms. The van der Waals surface area contributed by atoms with E-state index in [1.165, 1.54) is 22.5 Å². The summed E-state index contributed by atoms with van der Waals surface area (Å²) in [5.74, 6) is -0.0604. The molecule has 3 N–H and O–H groups in total. The number of aromatic nitrogens is 2. The van der Waals surface area contributed by atoms with Gasteiger partial charge in [0.05, 0.1) is 5.56 Å². The van der Waals surface area contributed by atoms with Gasteiger partial charge in [-0.25, -0.2) is 4.98 Å². The zero-order valence-corrected chi connectivity index (χ0v) is 13.7. The van der Waals surface area contributed by atoms with Crippen LogP contribution in [-0.4, -0.2) is 33.9 Å². The normalized spacial score (nSPS) is 14.4. The summed E-state index contributed by atoms with van der Waals surface area (Å²) in [5.41, 5.74) is 8.77. The van der Waals surface area contributed by atoms with Crippen LogP contribution in [0.1, 0.15) is 21.5 Å². The van der Waals surface area contributed by atoms with Crippen LogP contribution in [0, 0.1) is 0 Å². The van der Waals surface area contributed by atoms with Gasteiger partial charge in [0.2, 0.25) is 5.95 Å². The van der Waals surface area contributed by atoms with Crippen LogP contribution in [0.4, 0.5) is 5.95 Å². The van der Waals surface area contributed by atoms with Crippen molar-refractivity contribution in [2.24, 2.45) is 0 Å². The number of nitrogen functional groups attached to an aromatic ring is 1. The minimum atomic E-state index is -0.301. The fourth-order valence-corrected chi connectivity index (χ4v) is 4.01. The standard InChI is InChI=1S/C17H16N4O2S/c18-17-19-13-12(9-24-14(13)15(22)20-17)16(23)21-7-5-10-3-1-2-4-11(10)6-8-21/h1-4,9H,5-8H2,(H3,18,19,20,22). The highest BCUT2D eigenvalue weighted by molar-refractivity contribution is 7.17. The molecule has 0 bridgehead atoms. The Hall–Kier alpha value is -2.67. The van der Waals surface area contributed by atoms with Gasteiger partial charge in [0, 0.05) is 18.5 Å². The summed E-state index contributed by atoms with van der Waals surface area (Å²) in [5, 5.41) is 1.70. The molecule has 3 heterocycles. The summed E-state index contributed by atoms with van der Waals surface area (Å²) in [6.45, 7) is 1.32. The highest BCUT2D eigenvalue weighted by Crippen LogP contribution is 2.24. The Morgan fingerprint density at radius 2 is 1.88 bits per heavy atom. The third kappa shape index (κ3) is 2.46. The Labute approximate surface area is 141 Å². The van der Waals surface area contributed by atoms with Gasteiger partial charge < -0.3 is 10.6 Å². The highest BCUT2D eigenvalue weighted by atomic mass is 32.1. The first-order chi connectivity index (χ1) is 11.6. The molecule has 7 heteroatoms. The lowest BCUT2D eigenvalue weighted by Gasteiger charge is -2.19. The number of nitrogens with one attached hydrogen (secondary N) is 1. The molecule has 0 saturated heterocycles. The number of H-pyrrole nitrogens is 1. The largest absolute Gasteiger partial charge is 0.369 e. The van der Waals surface area contributed by atoms with E-state index in [2.05, 4.69) is 22.1 Å². The Bertz CT molecular complexity index is 965. The molecule has 1 aliphatic rings. The van der Waals surface area contributed by atoms with Gasteiger partial charge in [-0.15, -0.1) is 11.3 Å². The summed E-state index contributed by atoms with van der Waals surface area (Å²) in [6.07, 6.45) is 1.67. The van der Waals surface area contributed by atoms with Gasteiger partial charge in [-0.3, -0.25) is 14.6 Å². The molecule has 6 nitrogen and oxygen atoms in total. The maximum Gasteiger partial charge on any atom is 0.270 e. The van der Waals surface area contributed by atoms with E-state index in [4.69, 9.17) is 5.73 Å². The predicted molar refractivity (Wildman–Crippen MR) is 94.4 cm³/mol. The van der Waals surface area contributed by atoms with Gasteiger partial charge in [-0.2, -0.15) is 0 Å². The van der Waals surface area contributed by atoms with E-state index >= 15 is 0 Å². The number of fused-ring (bicyclic) bond motifs is 2. The fourth-order valence-electron chi connectivity index (χ4n) is 3.14. The number of hydrogen-bond donors (Lipinski definition) is 2. The smallest absolute Gasteiger partial charge is 0.270 e. The third-order valence-corrected chi connectivity index (χ3v) is 5.35. The Kier molecular flexibility index (Phi) is 3.57.